The Morgan fingerprint density at radius 2 is 1.64 bits per heavy atom. The highest BCUT2D eigenvalue weighted by molar-refractivity contribution is 6.74. The Bertz CT molecular complexity index is 867. The lowest BCUT2D eigenvalue weighted by atomic mass is 9.89. The zero-order valence-electron chi connectivity index (χ0n) is 27.5. The predicted molar refractivity (Wildman–Crippen MR) is 168 cm³/mol. The SMILES string of the molecule is C=C1C[C@@H]2[C@H](/C=C/[C@@H](O[Si](C)(C)C(C)(C)C)C(C)CCCC)[C@H](O[Si](C)(C)C(C)(C)C)C[C@@H]2C1OC(=O)OC. The van der Waals surface area contributed by atoms with Gasteiger partial charge in [-0.3, -0.25) is 0 Å². The van der Waals surface area contributed by atoms with Crippen LogP contribution in [0.3, 0.4) is 0 Å². The molecule has 39 heavy (non-hydrogen) atoms. The fourth-order valence-electron chi connectivity index (χ4n) is 5.58. The van der Waals surface area contributed by atoms with Crippen LogP contribution in [0.4, 0.5) is 4.79 Å². The standard InChI is InChI=1S/C32H60O5Si2/c1-15-16-17-22(2)27(36-38(11,12)31(4,5)6)19-18-24-25-20-23(3)29(35-30(33)34-10)26(25)21-28(24)37-39(13,14)32(7,8)9/h18-19,22,24-29H,3,15-17,20-21H2,1-2,4-14H3/b19-18+/t22?,24-,25+,26-,27+,28+,29?/m0/s1. The summed E-state index contributed by atoms with van der Waals surface area (Å²) in [4.78, 5) is 12.1. The van der Waals surface area contributed by atoms with Gasteiger partial charge in [-0.05, 0) is 72.9 Å². The average Bonchev–Trinajstić information content (AvgIpc) is 3.27. The summed E-state index contributed by atoms with van der Waals surface area (Å²) in [6.45, 7) is 32.1. The highest BCUT2D eigenvalue weighted by atomic mass is 28.4. The van der Waals surface area contributed by atoms with E-state index in [1.807, 2.05) is 0 Å². The molecule has 0 aromatic carbocycles. The lowest BCUT2D eigenvalue weighted by Gasteiger charge is -2.41. The maximum absolute atomic E-state index is 12.1. The van der Waals surface area contributed by atoms with Crippen LogP contribution in [0.5, 0.6) is 0 Å². The van der Waals surface area contributed by atoms with E-state index in [0.717, 1.165) is 24.8 Å². The Morgan fingerprint density at radius 1 is 1.05 bits per heavy atom. The zero-order chi connectivity index (χ0) is 30.0. The molecule has 2 aliphatic rings. The first-order chi connectivity index (χ1) is 17.8. The summed E-state index contributed by atoms with van der Waals surface area (Å²) in [5.41, 5.74) is 0.991. The zero-order valence-corrected chi connectivity index (χ0v) is 29.5. The molecule has 7 heteroatoms. The number of carbonyl (C=O) groups is 1. The fourth-order valence-corrected chi connectivity index (χ4v) is 8.29. The normalized spacial score (nSPS) is 28.0. The summed E-state index contributed by atoms with van der Waals surface area (Å²) in [6, 6.07) is 0. The van der Waals surface area contributed by atoms with Gasteiger partial charge in [-0.25, -0.2) is 4.79 Å². The quantitative estimate of drug-likeness (QED) is 0.138. The topological polar surface area (TPSA) is 54.0 Å². The molecule has 2 rings (SSSR count). The van der Waals surface area contributed by atoms with Crippen molar-refractivity contribution in [1.29, 1.82) is 0 Å². The van der Waals surface area contributed by atoms with Gasteiger partial charge in [0.05, 0.1) is 19.3 Å². The molecule has 0 aromatic rings. The van der Waals surface area contributed by atoms with Gasteiger partial charge in [0, 0.05) is 11.8 Å². The van der Waals surface area contributed by atoms with Crippen LogP contribution >= 0.6 is 0 Å². The number of carbonyl (C=O) groups excluding carboxylic acids is 1. The summed E-state index contributed by atoms with van der Waals surface area (Å²) in [5.74, 6) is 1.20. The second kappa shape index (κ2) is 13.0. The molecule has 7 atom stereocenters. The number of hydrogen-bond acceptors (Lipinski definition) is 5. The predicted octanol–water partition coefficient (Wildman–Crippen LogP) is 9.51. The van der Waals surface area contributed by atoms with Gasteiger partial charge in [0.15, 0.2) is 16.6 Å². The van der Waals surface area contributed by atoms with E-state index in [-0.39, 0.29) is 40.2 Å². The van der Waals surface area contributed by atoms with Crippen LogP contribution in [-0.2, 0) is 18.3 Å². The van der Waals surface area contributed by atoms with Crippen molar-refractivity contribution in [3.8, 4) is 0 Å². The van der Waals surface area contributed by atoms with Crippen molar-refractivity contribution in [3.05, 3.63) is 24.3 Å². The first kappa shape index (κ1) is 34.3. The molecular formula is C32H60O5Si2. The third kappa shape index (κ3) is 8.33. The Balaban J connectivity index is 2.44. The number of rotatable bonds is 11. The molecule has 0 heterocycles. The van der Waals surface area contributed by atoms with Crippen LogP contribution in [0.1, 0.15) is 87.5 Å². The molecule has 0 N–H and O–H groups in total. The van der Waals surface area contributed by atoms with E-state index in [4.69, 9.17) is 18.3 Å². The Morgan fingerprint density at radius 3 is 2.15 bits per heavy atom. The molecule has 0 aliphatic heterocycles. The molecule has 0 radical (unpaired) electrons. The molecule has 0 spiro atoms. The first-order valence-electron chi connectivity index (χ1n) is 15.2. The van der Waals surface area contributed by atoms with Crippen molar-refractivity contribution >= 4 is 22.8 Å². The highest BCUT2D eigenvalue weighted by Gasteiger charge is 2.54. The molecule has 2 saturated carbocycles. The van der Waals surface area contributed by atoms with Gasteiger partial charge in [-0.15, -0.1) is 0 Å². The summed E-state index contributed by atoms with van der Waals surface area (Å²) in [5, 5.41) is 0.269. The van der Waals surface area contributed by atoms with Gasteiger partial charge in [-0.2, -0.15) is 0 Å². The monoisotopic (exact) mass is 580 g/mol. The van der Waals surface area contributed by atoms with Gasteiger partial charge in [-0.1, -0.05) is 87.0 Å². The Hall–Kier alpha value is -0.896. The molecule has 0 saturated heterocycles. The van der Waals surface area contributed by atoms with E-state index in [2.05, 4.69) is 100 Å². The largest absolute Gasteiger partial charge is 0.508 e. The van der Waals surface area contributed by atoms with E-state index in [1.54, 1.807) is 0 Å². The molecule has 226 valence electrons. The first-order valence-corrected chi connectivity index (χ1v) is 21.0. The summed E-state index contributed by atoms with van der Waals surface area (Å²) in [6.07, 6.45) is 9.29. The maximum atomic E-state index is 12.1. The van der Waals surface area contributed by atoms with Crippen LogP contribution in [0.25, 0.3) is 0 Å². The Labute approximate surface area is 242 Å². The minimum atomic E-state index is -2.01. The molecule has 2 unspecified atom stereocenters. The molecule has 5 nitrogen and oxygen atoms in total. The number of ether oxygens (including phenoxy) is 2. The molecule has 0 aromatic heterocycles. The van der Waals surface area contributed by atoms with E-state index in [0.29, 0.717) is 11.8 Å². The van der Waals surface area contributed by atoms with Crippen molar-refractivity contribution in [2.45, 2.75) is 142 Å². The van der Waals surface area contributed by atoms with Crippen molar-refractivity contribution in [1.82, 2.24) is 0 Å². The number of fused-ring (bicyclic) bond motifs is 1. The van der Waals surface area contributed by atoms with E-state index in [1.165, 1.54) is 20.0 Å². The molecule has 2 fully saturated rings. The smallest absolute Gasteiger partial charge is 0.438 e. The lowest BCUT2D eigenvalue weighted by Crippen LogP contribution is -2.45. The molecule has 2 aliphatic carbocycles. The van der Waals surface area contributed by atoms with Crippen molar-refractivity contribution in [2.24, 2.45) is 23.7 Å². The van der Waals surface area contributed by atoms with Crippen LogP contribution in [0.2, 0.25) is 36.3 Å². The van der Waals surface area contributed by atoms with E-state index < -0.39 is 22.8 Å². The van der Waals surface area contributed by atoms with Crippen LogP contribution in [0, 0.1) is 23.7 Å². The molecule has 0 amide bonds. The maximum Gasteiger partial charge on any atom is 0.508 e. The third-order valence-corrected chi connectivity index (χ3v) is 19.2. The van der Waals surface area contributed by atoms with Gasteiger partial charge in [0.1, 0.15) is 6.10 Å². The van der Waals surface area contributed by atoms with Gasteiger partial charge in [0.25, 0.3) is 0 Å². The van der Waals surface area contributed by atoms with Crippen LogP contribution in [-0.4, -0.2) is 48.2 Å². The van der Waals surface area contributed by atoms with Crippen LogP contribution < -0.4 is 0 Å². The van der Waals surface area contributed by atoms with E-state index in [9.17, 15) is 4.79 Å². The Kier molecular flexibility index (Phi) is 11.4. The summed E-state index contributed by atoms with van der Waals surface area (Å²) >= 11 is 0. The second-order valence-electron chi connectivity index (χ2n) is 15.3. The van der Waals surface area contributed by atoms with Gasteiger partial charge in [0.2, 0.25) is 0 Å². The van der Waals surface area contributed by atoms with E-state index >= 15 is 0 Å². The van der Waals surface area contributed by atoms with Gasteiger partial charge >= 0.3 is 6.16 Å². The lowest BCUT2D eigenvalue weighted by molar-refractivity contribution is 0.0306. The van der Waals surface area contributed by atoms with Gasteiger partial charge < -0.3 is 18.3 Å². The minimum Gasteiger partial charge on any atom is -0.438 e. The van der Waals surface area contributed by atoms with Crippen molar-refractivity contribution < 1.29 is 23.1 Å². The summed E-state index contributed by atoms with van der Waals surface area (Å²) < 4.78 is 24.7. The highest BCUT2D eigenvalue weighted by Crippen LogP contribution is 2.54. The summed E-state index contributed by atoms with van der Waals surface area (Å²) in [7, 11) is -2.60. The van der Waals surface area contributed by atoms with Crippen molar-refractivity contribution in [2.75, 3.05) is 7.11 Å². The fraction of sp³-hybridized carbons (Fsp3) is 0.844. The number of methoxy groups -OCH3 is 1. The second-order valence-corrected chi connectivity index (χ2v) is 24.8. The number of hydrogen-bond donors (Lipinski definition) is 0. The minimum absolute atomic E-state index is 0.0803. The van der Waals surface area contributed by atoms with Crippen molar-refractivity contribution in [3.63, 3.8) is 0 Å². The van der Waals surface area contributed by atoms with Crippen LogP contribution in [0.15, 0.2) is 24.3 Å². The molecule has 0 bridgehead atoms. The third-order valence-electron chi connectivity index (χ3n) is 10.2. The average molecular weight is 581 g/mol. The molecular weight excluding hydrogens is 521 g/mol. The number of unbranched alkanes of at least 4 members (excludes halogenated alkanes) is 1.